The molecule has 0 aromatic heterocycles. The molecule has 0 unspecified atom stereocenters. The molecule has 2 rings (SSSR count). The van der Waals surface area contributed by atoms with Gasteiger partial charge in [0.25, 0.3) is 0 Å². The van der Waals surface area contributed by atoms with Crippen molar-refractivity contribution in [1.29, 1.82) is 0 Å². The van der Waals surface area contributed by atoms with Crippen molar-refractivity contribution in [1.82, 2.24) is 15.1 Å². The van der Waals surface area contributed by atoms with Gasteiger partial charge in [-0.05, 0) is 38.9 Å². The van der Waals surface area contributed by atoms with Crippen molar-refractivity contribution < 1.29 is 19.8 Å². The first-order valence-corrected chi connectivity index (χ1v) is 7.11. The van der Waals surface area contributed by atoms with Gasteiger partial charge in [-0.1, -0.05) is 0 Å². The maximum absolute atomic E-state index is 12.0. The van der Waals surface area contributed by atoms with Gasteiger partial charge in [0.2, 0.25) is 0 Å². The van der Waals surface area contributed by atoms with Crippen molar-refractivity contribution in [3.8, 4) is 0 Å². The van der Waals surface area contributed by atoms with Crippen molar-refractivity contribution >= 4 is 12.0 Å². The topological polar surface area (TPSA) is 93.1 Å². The Kier molecular flexibility index (Phi) is 4.82. The van der Waals surface area contributed by atoms with Crippen LogP contribution in [-0.4, -0.2) is 77.4 Å². The monoisotopic (exact) mass is 285 g/mol. The molecule has 20 heavy (non-hydrogen) atoms. The predicted octanol–water partition coefficient (Wildman–Crippen LogP) is -0.442. The summed E-state index contributed by atoms with van der Waals surface area (Å²) >= 11 is 0. The summed E-state index contributed by atoms with van der Waals surface area (Å²) < 4.78 is 0. The lowest BCUT2D eigenvalue weighted by Crippen LogP contribution is -2.48. The number of likely N-dealkylation sites (tertiary alicyclic amines) is 2. The lowest BCUT2D eigenvalue weighted by atomic mass is 9.97. The number of aliphatic hydroxyl groups is 1. The summed E-state index contributed by atoms with van der Waals surface area (Å²) in [5.74, 6) is -0.609. The number of carboxylic acid groups (broad SMARTS) is 1. The molecule has 0 radical (unpaired) electrons. The summed E-state index contributed by atoms with van der Waals surface area (Å²) in [6.07, 6.45) is 1.45. The second-order valence-electron chi connectivity index (χ2n) is 5.83. The lowest BCUT2D eigenvalue weighted by Gasteiger charge is -2.30. The van der Waals surface area contributed by atoms with E-state index in [0.29, 0.717) is 12.5 Å². The largest absolute Gasteiger partial charge is 0.480 e. The number of β-amino-alcohol motifs (C(OH)–C–C–N with tert-alkyl or cyclic N) is 1. The summed E-state index contributed by atoms with van der Waals surface area (Å²) in [4.78, 5) is 26.6. The van der Waals surface area contributed by atoms with E-state index in [1.54, 1.807) is 0 Å². The van der Waals surface area contributed by atoms with Crippen LogP contribution in [0.3, 0.4) is 0 Å². The van der Waals surface area contributed by atoms with Crippen LogP contribution in [0.4, 0.5) is 4.79 Å². The van der Waals surface area contributed by atoms with E-state index in [2.05, 4.69) is 17.3 Å². The molecule has 7 heteroatoms. The number of hydrogen-bond donors (Lipinski definition) is 3. The molecule has 2 amide bonds. The molecule has 0 saturated carbocycles. The Bertz CT molecular complexity index is 369. The van der Waals surface area contributed by atoms with Gasteiger partial charge < -0.3 is 25.3 Å². The minimum Gasteiger partial charge on any atom is -0.480 e. The molecular formula is C13H23N3O4. The average Bonchev–Trinajstić information content (AvgIpc) is 2.80. The number of amides is 2. The Labute approximate surface area is 118 Å². The van der Waals surface area contributed by atoms with Crippen molar-refractivity contribution in [2.24, 2.45) is 5.92 Å². The number of hydrogen-bond acceptors (Lipinski definition) is 4. The van der Waals surface area contributed by atoms with Gasteiger partial charge >= 0.3 is 12.0 Å². The highest BCUT2D eigenvalue weighted by Crippen LogP contribution is 2.19. The highest BCUT2D eigenvalue weighted by Gasteiger charge is 2.39. The number of piperidine rings is 1. The molecule has 0 bridgehead atoms. The second-order valence-corrected chi connectivity index (χ2v) is 5.83. The molecule has 2 saturated heterocycles. The van der Waals surface area contributed by atoms with E-state index in [4.69, 9.17) is 5.11 Å². The quantitative estimate of drug-likeness (QED) is 0.653. The predicted molar refractivity (Wildman–Crippen MR) is 72.4 cm³/mol. The molecule has 0 spiro atoms. The normalized spacial score (nSPS) is 28.6. The Morgan fingerprint density at radius 3 is 2.55 bits per heavy atom. The number of carboxylic acids is 1. The first-order valence-electron chi connectivity index (χ1n) is 7.11. The molecule has 0 aliphatic carbocycles. The van der Waals surface area contributed by atoms with Crippen LogP contribution < -0.4 is 5.32 Å². The molecule has 3 N–H and O–H groups in total. The minimum atomic E-state index is -1.06. The van der Waals surface area contributed by atoms with E-state index in [1.807, 2.05) is 0 Å². The summed E-state index contributed by atoms with van der Waals surface area (Å²) in [5, 5.41) is 21.4. The lowest BCUT2D eigenvalue weighted by molar-refractivity contribution is -0.141. The first-order chi connectivity index (χ1) is 9.47. The van der Waals surface area contributed by atoms with Crippen LogP contribution in [0.15, 0.2) is 0 Å². The summed E-state index contributed by atoms with van der Waals surface area (Å²) in [6.45, 7) is 2.73. The van der Waals surface area contributed by atoms with Gasteiger partial charge in [-0.25, -0.2) is 9.59 Å². The Morgan fingerprint density at radius 1 is 1.30 bits per heavy atom. The first kappa shape index (κ1) is 15.1. The van der Waals surface area contributed by atoms with Gasteiger partial charge in [0.05, 0.1) is 6.10 Å². The van der Waals surface area contributed by atoms with E-state index in [1.165, 1.54) is 4.90 Å². The zero-order valence-electron chi connectivity index (χ0n) is 11.8. The van der Waals surface area contributed by atoms with Gasteiger partial charge in [0.1, 0.15) is 6.04 Å². The van der Waals surface area contributed by atoms with Crippen molar-refractivity contribution in [2.45, 2.75) is 31.4 Å². The van der Waals surface area contributed by atoms with Gasteiger partial charge in [-0.2, -0.15) is 0 Å². The number of aliphatic carboxylic acids is 1. The van der Waals surface area contributed by atoms with Crippen LogP contribution in [0.5, 0.6) is 0 Å². The van der Waals surface area contributed by atoms with Crippen molar-refractivity contribution in [3.05, 3.63) is 0 Å². The molecule has 2 aliphatic heterocycles. The molecular weight excluding hydrogens is 262 g/mol. The van der Waals surface area contributed by atoms with Gasteiger partial charge in [0.15, 0.2) is 0 Å². The molecule has 0 aromatic rings. The zero-order valence-corrected chi connectivity index (χ0v) is 11.8. The molecule has 7 nitrogen and oxygen atoms in total. The maximum Gasteiger partial charge on any atom is 0.326 e. The van der Waals surface area contributed by atoms with Crippen LogP contribution >= 0.6 is 0 Å². The fourth-order valence-corrected chi connectivity index (χ4v) is 2.87. The number of nitrogens with zero attached hydrogens (tertiary/aromatic N) is 2. The molecule has 2 aliphatic rings. The number of nitrogens with one attached hydrogen (secondary N) is 1. The summed E-state index contributed by atoms with van der Waals surface area (Å²) in [5.41, 5.74) is 0. The maximum atomic E-state index is 12.0. The Morgan fingerprint density at radius 2 is 1.95 bits per heavy atom. The molecule has 0 aromatic carbocycles. The molecule has 2 atom stereocenters. The van der Waals surface area contributed by atoms with Crippen molar-refractivity contribution in [3.63, 3.8) is 0 Å². The van der Waals surface area contributed by atoms with E-state index in [0.717, 1.165) is 25.9 Å². The average molecular weight is 285 g/mol. The molecule has 2 heterocycles. The fraction of sp³-hybridized carbons (Fsp3) is 0.846. The second kappa shape index (κ2) is 6.41. The third-order valence-electron chi connectivity index (χ3n) is 4.21. The van der Waals surface area contributed by atoms with Gasteiger partial charge in [-0.3, -0.25) is 0 Å². The molecule has 114 valence electrons. The summed E-state index contributed by atoms with van der Waals surface area (Å²) in [6, 6.07) is -1.30. The number of carbonyl (C=O) groups is 2. The van der Waals surface area contributed by atoms with Gasteiger partial charge in [-0.15, -0.1) is 0 Å². The van der Waals surface area contributed by atoms with Crippen LogP contribution in [0.1, 0.15) is 19.3 Å². The third kappa shape index (κ3) is 3.61. The molecule has 2 fully saturated rings. The van der Waals surface area contributed by atoms with Crippen LogP contribution in [0, 0.1) is 5.92 Å². The number of aliphatic hydroxyl groups excluding tert-OH is 1. The third-order valence-corrected chi connectivity index (χ3v) is 4.21. The highest BCUT2D eigenvalue weighted by atomic mass is 16.4. The smallest absolute Gasteiger partial charge is 0.326 e. The zero-order chi connectivity index (χ0) is 14.7. The Balaban J connectivity index is 1.80. The van der Waals surface area contributed by atoms with Crippen LogP contribution in [0.25, 0.3) is 0 Å². The minimum absolute atomic E-state index is 0.0935. The summed E-state index contributed by atoms with van der Waals surface area (Å²) in [7, 11) is 2.08. The van der Waals surface area contributed by atoms with Crippen LogP contribution in [-0.2, 0) is 4.79 Å². The van der Waals surface area contributed by atoms with E-state index in [9.17, 15) is 14.7 Å². The van der Waals surface area contributed by atoms with Crippen LogP contribution in [0.2, 0.25) is 0 Å². The van der Waals surface area contributed by atoms with Crippen molar-refractivity contribution in [2.75, 3.05) is 33.2 Å². The van der Waals surface area contributed by atoms with E-state index in [-0.39, 0.29) is 19.0 Å². The Hall–Kier alpha value is -1.34. The van der Waals surface area contributed by atoms with E-state index < -0.39 is 18.1 Å². The van der Waals surface area contributed by atoms with E-state index >= 15 is 0 Å². The number of rotatable bonds is 3. The number of carbonyl (C=O) groups excluding carboxylic acids is 1. The highest BCUT2D eigenvalue weighted by molar-refractivity contribution is 5.83. The van der Waals surface area contributed by atoms with Gasteiger partial charge in [0, 0.05) is 19.5 Å². The standard InChI is InChI=1S/C13H23N3O4/c1-15-4-2-9(3-5-15)7-14-13(20)16-8-10(17)6-11(16)12(18)19/h9-11,17H,2-8H2,1H3,(H,14,20)(H,18,19)/t10-,11-/m1/s1. The fourth-order valence-electron chi connectivity index (χ4n) is 2.87. The number of urea groups is 1. The SMILES string of the molecule is CN1CCC(CNC(=O)N2C[C@H](O)C[C@@H]2C(=O)O)CC1.